The number of amides is 1. The number of likely N-dealkylation sites (tertiary alicyclic amines) is 1. The first-order chi connectivity index (χ1) is 11.2. The Morgan fingerprint density at radius 3 is 3.04 bits per heavy atom. The summed E-state index contributed by atoms with van der Waals surface area (Å²) in [6.07, 6.45) is 4.45. The van der Waals surface area contributed by atoms with Crippen LogP contribution < -0.4 is 5.56 Å². The summed E-state index contributed by atoms with van der Waals surface area (Å²) in [6.45, 7) is 3.03. The molecular formula is C16H20N4O3. The minimum absolute atomic E-state index is 0.0195. The van der Waals surface area contributed by atoms with Gasteiger partial charge in [0.15, 0.2) is 5.82 Å². The first-order valence-corrected chi connectivity index (χ1v) is 7.96. The average molecular weight is 316 g/mol. The highest BCUT2D eigenvalue weighted by molar-refractivity contribution is 5.76. The van der Waals surface area contributed by atoms with Crippen LogP contribution >= 0.6 is 0 Å². The third-order valence-electron chi connectivity index (χ3n) is 4.12. The number of aryl methyl sites for hydroxylation is 2. The van der Waals surface area contributed by atoms with E-state index in [0.717, 1.165) is 12.8 Å². The maximum atomic E-state index is 12.5. The highest BCUT2D eigenvalue weighted by Gasteiger charge is 2.32. The molecule has 0 N–H and O–H groups in total. The Morgan fingerprint density at radius 2 is 2.30 bits per heavy atom. The van der Waals surface area contributed by atoms with E-state index in [1.165, 1.54) is 6.07 Å². The fourth-order valence-corrected chi connectivity index (χ4v) is 2.89. The molecule has 1 saturated heterocycles. The van der Waals surface area contributed by atoms with Gasteiger partial charge in [0.1, 0.15) is 0 Å². The molecule has 122 valence electrons. The minimum Gasteiger partial charge on any atom is -0.339 e. The molecule has 0 spiro atoms. The molecule has 2 aromatic rings. The number of carbonyl (C=O) groups excluding carboxylic acids is 1. The van der Waals surface area contributed by atoms with Gasteiger partial charge in [0, 0.05) is 38.2 Å². The Morgan fingerprint density at radius 1 is 1.43 bits per heavy atom. The van der Waals surface area contributed by atoms with Gasteiger partial charge in [-0.2, -0.15) is 4.98 Å². The molecule has 1 aliphatic heterocycles. The number of pyridine rings is 1. The predicted molar refractivity (Wildman–Crippen MR) is 82.7 cm³/mol. The van der Waals surface area contributed by atoms with E-state index in [1.54, 1.807) is 27.8 Å². The molecule has 7 nitrogen and oxygen atoms in total. The molecule has 0 bridgehead atoms. The van der Waals surface area contributed by atoms with Crippen LogP contribution in [0.2, 0.25) is 0 Å². The fourth-order valence-electron chi connectivity index (χ4n) is 2.89. The van der Waals surface area contributed by atoms with Crippen LogP contribution in [-0.4, -0.2) is 32.1 Å². The molecule has 1 amide bonds. The van der Waals surface area contributed by atoms with Crippen LogP contribution in [0.4, 0.5) is 0 Å². The van der Waals surface area contributed by atoms with Crippen LogP contribution in [0.15, 0.2) is 33.7 Å². The normalized spacial score (nSPS) is 17.6. The Hall–Kier alpha value is -2.44. The molecule has 3 heterocycles. The van der Waals surface area contributed by atoms with Crippen LogP contribution in [0.25, 0.3) is 0 Å². The predicted octanol–water partition coefficient (Wildman–Crippen LogP) is 1.55. The smallest absolute Gasteiger partial charge is 0.250 e. The van der Waals surface area contributed by atoms with Gasteiger partial charge in [-0.05, 0) is 18.9 Å². The van der Waals surface area contributed by atoms with E-state index in [0.29, 0.717) is 37.6 Å². The van der Waals surface area contributed by atoms with Crippen LogP contribution in [0.3, 0.4) is 0 Å². The summed E-state index contributed by atoms with van der Waals surface area (Å²) in [5.41, 5.74) is -0.0935. The van der Waals surface area contributed by atoms with Gasteiger partial charge in [-0.25, -0.2) is 0 Å². The summed E-state index contributed by atoms with van der Waals surface area (Å²) in [7, 11) is 0. The van der Waals surface area contributed by atoms with Crippen molar-refractivity contribution in [1.29, 1.82) is 0 Å². The zero-order chi connectivity index (χ0) is 16.2. The molecule has 0 aromatic carbocycles. The SMILES string of the molecule is CCc1nc(C2CCCN2C(=O)CCn2ccccc2=O)no1. The molecule has 1 aliphatic rings. The summed E-state index contributed by atoms with van der Waals surface area (Å²) in [4.78, 5) is 30.3. The molecule has 2 aromatic heterocycles. The van der Waals surface area contributed by atoms with Crippen molar-refractivity contribution in [3.05, 3.63) is 46.5 Å². The molecule has 1 atom stereocenters. The molecule has 3 rings (SSSR count). The standard InChI is InChI=1S/C16H20N4O3/c1-2-13-17-16(18-23-13)12-6-5-10-20(12)15(22)8-11-19-9-4-3-7-14(19)21/h3-4,7,9,12H,2,5-6,8,10-11H2,1H3. The number of aromatic nitrogens is 3. The minimum atomic E-state index is -0.112. The second kappa shape index (κ2) is 6.76. The lowest BCUT2D eigenvalue weighted by atomic mass is 10.2. The van der Waals surface area contributed by atoms with Crippen LogP contribution in [0, 0.1) is 0 Å². The van der Waals surface area contributed by atoms with Crippen molar-refractivity contribution in [2.75, 3.05) is 6.54 Å². The van der Waals surface area contributed by atoms with E-state index in [1.807, 2.05) is 6.92 Å². The summed E-state index contributed by atoms with van der Waals surface area (Å²) >= 11 is 0. The summed E-state index contributed by atoms with van der Waals surface area (Å²) in [6, 6.07) is 4.86. The Bertz CT molecular complexity index is 737. The lowest BCUT2D eigenvalue weighted by molar-refractivity contribution is -0.132. The summed E-state index contributed by atoms with van der Waals surface area (Å²) < 4.78 is 6.70. The van der Waals surface area contributed by atoms with Crippen molar-refractivity contribution in [2.45, 2.75) is 45.2 Å². The first kappa shape index (κ1) is 15.5. The molecule has 7 heteroatoms. The van der Waals surface area contributed by atoms with Crippen molar-refractivity contribution in [3.8, 4) is 0 Å². The largest absolute Gasteiger partial charge is 0.339 e. The van der Waals surface area contributed by atoms with Gasteiger partial charge >= 0.3 is 0 Å². The second-order valence-electron chi connectivity index (χ2n) is 5.63. The van der Waals surface area contributed by atoms with E-state index in [9.17, 15) is 9.59 Å². The van der Waals surface area contributed by atoms with Gasteiger partial charge in [-0.3, -0.25) is 9.59 Å². The topological polar surface area (TPSA) is 81.2 Å². The highest BCUT2D eigenvalue weighted by atomic mass is 16.5. The van der Waals surface area contributed by atoms with Gasteiger partial charge in [-0.1, -0.05) is 18.1 Å². The fraction of sp³-hybridized carbons (Fsp3) is 0.500. The molecule has 0 radical (unpaired) electrons. The van der Waals surface area contributed by atoms with Crippen LogP contribution in [0.5, 0.6) is 0 Å². The van der Waals surface area contributed by atoms with Crippen molar-refractivity contribution in [3.63, 3.8) is 0 Å². The summed E-state index contributed by atoms with van der Waals surface area (Å²) in [5, 5.41) is 4.00. The Balaban J connectivity index is 1.66. The number of carbonyl (C=O) groups is 1. The average Bonchev–Trinajstić information content (AvgIpc) is 3.22. The van der Waals surface area contributed by atoms with Crippen molar-refractivity contribution < 1.29 is 9.32 Å². The second-order valence-corrected chi connectivity index (χ2v) is 5.63. The third kappa shape index (κ3) is 3.33. The lowest BCUT2D eigenvalue weighted by Gasteiger charge is -2.22. The Kier molecular flexibility index (Phi) is 4.55. The highest BCUT2D eigenvalue weighted by Crippen LogP contribution is 2.30. The molecule has 1 unspecified atom stereocenters. The summed E-state index contributed by atoms with van der Waals surface area (Å²) in [5.74, 6) is 1.20. The molecule has 23 heavy (non-hydrogen) atoms. The van der Waals surface area contributed by atoms with Crippen molar-refractivity contribution in [2.24, 2.45) is 0 Å². The van der Waals surface area contributed by atoms with E-state index < -0.39 is 0 Å². The molecular weight excluding hydrogens is 296 g/mol. The maximum Gasteiger partial charge on any atom is 0.250 e. The van der Waals surface area contributed by atoms with Gasteiger partial charge in [0.2, 0.25) is 11.8 Å². The first-order valence-electron chi connectivity index (χ1n) is 7.96. The number of hydrogen-bond donors (Lipinski definition) is 0. The number of hydrogen-bond acceptors (Lipinski definition) is 5. The van der Waals surface area contributed by atoms with Gasteiger partial charge in [0.05, 0.1) is 6.04 Å². The lowest BCUT2D eigenvalue weighted by Crippen LogP contribution is -2.32. The van der Waals surface area contributed by atoms with Crippen molar-refractivity contribution >= 4 is 5.91 Å². The zero-order valence-electron chi connectivity index (χ0n) is 13.1. The Labute approximate surface area is 133 Å². The van der Waals surface area contributed by atoms with E-state index in [2.05, 4.69) is 10.1 Å². The van der Waals surface area contributed by atoms with Crippen LogP contribution in [-0.2, 0) is 17.8 Å². The molecule has 0 aliphatic carbocycles. The van der Waals surface area contributed by atoms with Gasteiger partial charge < -0.3 is 14.0 Å². The van der Waals surface area contributed by atoms with E-state index in [-0.39, 0.29) is 17.5 Å². The van der Waals surface area contributed by atoms with Crippen LogP contribution in [0.1, 0.15) is 43.9 Å². The van der Waals surface area contributed by atoms with Gasteiger partial charge in [0.25, 0.3) is 5.56 Å². The zero-order valence-corrected chi connectivity index (χ0v) is 13.1. The third-order valence-corrected chi connectivity index (χ3v) is 4.12. The van der Waals surface area contributed by atoms with E-state index in [4.69, 9.17) is 4.52 Å². The van der Waals surface area contributed by atoms with E-state index >= 15 is 0 Å². The monoisotopic (exact) mass is 316 g/mol. The number of rotatable bonds is 5. The molecule has 0 saturated carbocycles. The number of nitrogens with zero attached hydrogens (tertiary/aromatic N) is 4. The quantitative estimate of drug-likeness (QED) is 0.836. The van der Waals surface area contributed by atoms with Crippen molar-refractivity contribution in [1.82, 2.24) is 19.6 Å². The molecule has 1 fully saturated rings. The maximum absolute atomic E-state index is 12.5. The van der Waals surface area contributed by atoms with Gasteiger partial charge in [-0.15, -0.1) is 0 Å².